The van der Waals surface area contributed by atoms with Crippen LogP contribution in [0.3, 0.4) is 0 Å². The van der Waals surface area contributed by atoms with Crippen molar-refractivity contribution in [2.24, 2.45) is 0 Å². The Hall–Kier alpha value is -1.12. The zero-order valence-corrected chi connectivity index (χ0v) is 13.3. The van der Waals surface area contributed by atoms with Gasteiger partial charge >= 0.3 is 41.5 Å². The van der Waals surface area contributed by atoms with Crippen LogP contribution in [0.1, 0.15) is 20.3 Å². The summed E-state index contributed by atoms with van der Waals surface area (Å²) in [5, 5.41) is 0. The molecule has 2 aliphatic carbocycles. The van der Waals surface area contributed by atoms with Crippen LogP contribution in [0.2, 0.25) is 0 Å². The van der Waals surface area contributed by atoms with Gasteiger partial charge in [0.15, 0.2) is 0 Å². The standard InChI is InChI=1S/C6H3F9.C6H5F7/c1-2(7)3(8,9)5(12,13)6(14,15)4(2,10)11;1-2-3(7)4(8,9)6(12,13)5(3,10)11/h1H3;2H2,1H3. The zero-order chi connectivity index (χ0) is 23.2. The lowest BCUT2D eigenvalue weighted by Crippen LogP contribution is -2.84. The lowest BCUT2D eigenvalue weighted by Gasteiger charge is -2.53. The summed E-state index contributed by atoms with van der Waals surface area (Å²) in [5.41, 5.74) is -9.74. The monoisotopic (exact) mass is 456 g/mol. The Bertz CT molecular complexity index is 522. The highest BCUT2D eigenvalue weighted by atomic mass is 19.4. The minimum atomic E-state index is -6.44. The van der Waals surface area contributed by atoms with Crippen molar-refractivity contribution in [3.63, 3.8) is 0 Å². The van der Waals surface area contributed by atoms with Crippen molar-refractivity contribution < 1.29 is 70.2 Å². The molecule has 0 aliphatic heterocycles. The van der Waals surface area contributed by atoms with Gasteiger partial charge in [-0.3, -0.25) is 0 Å². The first-order valence-electron chi connectivity index (χ1n) is 6.83. The van der Waals surface area contributed by atoms with Gasteiger partial charge in [-0.15, -0.1) is 0 Å². The largest absolute Gasteiger partial charge is 0.381 e. The molecule has 0 atom stereocenters. The Kier molecular flexibility index (Phi) is 4.91. The van der Waals surface area contributed by atoms with E-state index in [1.165, 1.54) is 0 Å². The molecule has 2 fully saturated rings. The van der Waals surface area contributed by atoms with Crippen molar-refractivity contribution in [2.45, 2.75) is 73.1 Å². The van der Waals surface area contributed by atoms with Gasteiger partial charge in [0.25, 0.3) is 0 Å². The third-order valence-corrected chi connectivity index (χ3v) is 4.63. The van der Waals surface area contributed by atoms with Crippen molar-refractivity contribution in [3.05, 3.63) is 0 Å². The lowest BCUT2D eigenvalue weighted by molar-refractivity contribution is -0.473. The van der Waals surface area contributed by atoms with E-state index in [9.17, 15) is 70.2 Å². The van der Waals surface area contributed by atoms with Gasteiger partial charge in [-0.2, -0.15) is 61.5 Å². The van der Waals surface area contributed by atoms with Crippen molar-refractivity contribution in [1.29, 1.82) is 0 Å². The highest BCUT2D eigenvalue weighted by Crippen LogP contribution is 2.70. The molecule has 0 N–H and O–H groups in total. The van der Waals surface area contributed by atoms with Gasteiger partial charge in [0, 0.05) is 0 Å². The van der Waals surface area contributed by atoms with Gasteiger partial charge in [-0.25, -0.2) is 8.78 Å². The molecule has 0 spiro atoms. The lowest BCUT2D eigenvalue weighted by atomic mass is 9.68. The van der Waals surface area contributed by atoms with E-state index in [4.69, 9.17) is 0 Å². The Morgan fingerprint density at radius 3 is 0.714 bits per heavy atom. The normalized spacial score (nSPS) is 33.2. The molecule has 0 aromatic heterocycles. The average molecular weight is 456 g/mol. The molecule has 2 aliphatic rings. The Labute approximate surface area is 144 Å². The van der Waals surface area contributed by atoms with Crippen LogP contribution in [0.25, 0.3) is 0 Å². The molecule has 2 rings (SSSR count). The van der Waals surface area contributed by atoms with Crippen LogP contribution in [0.15, 0.2) is 0 Å². The molecule has 0 heterocycles. The maximum atomic E-state index is 12.7. The second-order valence-electron chi connectivity index (χ2n) is 6.18. The van der Waals surface area contributed by atoms with Gasteiger partial charge in [0.2, 0.25) is 11.3 Å². The Balaban J connectivity index is 0.000000283. The van der Waals surface area contributed by atoms with Crippen LogP contribution in [0, 0.1) is 0 Å². The van der Waals surface area contributed by atoms with Crippen LogP contribution in [-0.2, 0) is 0 Å². The molecule has 0 aromatic rings. The van der Waals surface area contributed by atoms with Crippen molar-refractivity contribution >= 4 is 0 Å². The summed E-state index contributed by atoms with van der Waals surface area (Å²) in [6.07, 6.45) is -1.36. The summed E-state index contributed by atoms with van der Waals surface area (Å²) >= 11 is 0. The molecule has 0 bridgehead atoms. The third-order valence-electron chi connectivity index (χ3n) is 4.63. The number of halogens is 16. The molecular formula is C12H8F16. The maximum Gasteiger partial charge on any atom is 0.381 e. The highest BCUT2D eigenvalue weighted by Gasteiger charge is 3.00. The fourth-order valence-electron chi connectivity index (χ4n) is 2.45. The summed E-state index contributed by atoms with van der Waals surface area (Å²) in [7, 11) is 0. The van der Waals surface area contributed by atoms with Crippen LogP contribution in [-0.4, -0.2) is 52.8 Å². The fourth-order valence-corrected chi connectivity index (χ4v) is 2.45. The molecular weight excluding hydrogens is 448 g/mol. The van der Waals surface area contributed by atoms with Crippen LogP contribution >= 0.6 is 0 Å². The van der Waals surface area contributed by atoms with Crippen LogP contribution in [0.4, 0.5) is 70.2 Å². The minimum Gasteiger partial charge on any atom is -0.230 e. The number of hydrogen-bond donors (Lipinski definition) is 0. The first-order valence-corrected chi connectivity index (χ1v) is 6.83. The van der Waals surface area contributed by atoms with Crippen molar-refractivity contribution in [3.8, 4) is 0 Å². The topological polar surface area (TPSA) is 0 Å². The molecule has 0 unspecified atom stereocenters. The highest BCUT2D eigenvalue weighted by molar-refractivity contribution is 5.27. The Morgan fingerprint density at radius 1 is 0.393 bits per heavy atom. The van der Waals surface area contributed by atoms with E-state index >= 15 is 0 Å². The zero-order valence-electron chi connectivity index (χ0n) is 13.3. The predicted octanol–water partition coefficient (Wildman–Crippen LogP) is 6.29. The van der Waals surface area contributed by atoms with Gasteiger partial charge < -0.3 is 0 Å². The van der Waals surface area contributed by atoms with Gasteiger partial charge in [0.05, 0.1) is 0 Å². The average Bonchev–Trinajstić information content (AvgIpc) is 2.55. The van der Waals surface area contributed by atoms with Crippen LogP contribution < -0.4 is 0 Å². The second kappa shape index (κ2) is 5.52. The second-order valence-corrected chi connectivity index (χ2v) is 6.18. The van der Waals surface area contributed by atoms with Crippen molar-refractivity contribution in [1.82, 2.24) is 0 Å². The smallest absolute Gasteiger partial charge is 0.230 e. The molecule has 2 saturated carbocycles. The number of hydrogen-bond acceptors (Lipinski definition) is 0. The number of rotatable bonds is 1. The molecule has 16 heteroatoms. The summed E-state index contributed by atoms with van der Waals surface area (Å²) < 4.78 is 197. The fraction of sp³-hybridized carbons (Fsp3) is 1.00. The maximum absolute atomic E-state index is 12.7. The van der Waals surface area contributed by atoms with Gasteiger partial charge in [0.1, 0.15) is 0 Å². The third kappa shape index (κ3) is 2.07. The minimum absolute atomic E-state index is 0.664. The molecule has 0 radical (unpaired) electrons. The molecule has 0 amide bonds. The summed E-state index contributed by atoms with van der Waals surface area (Å²) in [6.45, 7) is -0.0150. The van der Waals surface area contributed by atoms with Gasteiger partial charge in [-0.05, 0) is 13.3 Å². The summed E-state index contributed by atoms with van der Waals surface area (Å²) in [5.74, 6) is -41.3. The van der Waals surface area contributed by atoms with E-state index in [-0.39, 0.29) is 0 Å². The molecule has 0 nitrogen and oxygen atoms in total. The molecule has 28 heavy (non-hydrogen) atoms. The molecule has 0 aromatic carbocycles. The SMILES string of the molecule is CC1(F)C(F)(F)C(F)(F)C(F)(F)C1(F)F.CCC1(F)C(F)(F)C(F)(F)C1(F)F. The van der Waals surface area contributed by atoms with Gasteiger partial charge in [-0.1, -0.05) is 6.92 Å². The quantitative estimate of drug-likeness (QED) is 0.407. The summed E-state index contributed by atoms with van der Waals surface area (Å²) in [4.78, 5) is 0. The van der Waals surface area contributed by atoms with E-state index in [1.807, 2.05) is 0 Å². The Morgan fingerprint density at radius 2 is 0.607 bits per heavy atom. The van der Waals surface area contributed by atoms with E-state index in [0.29, 0.717) is 6.92 Å². The molecule has 0 saturated heterocycles. The number of alkyl halides is 16. The first-order chi connectivity index (χ1) is 11.8. The molecule has 168 valence electrons. The van der Waals surface area contributed by atoms with E-state index < -0.39 is 66.1 Å². The predicted molar refractivity (Wildman–Crippen MR) is 58.3 cm³/mol. The first kappa shape index (κ1) is 24.9. The van der Waals surface area contributed by atoms with E-state index in [1.54, 1.807) is 0 Å². The van der Waals surface area contributed by atoms with E-state index in [2.05, 4.69) is 0 Å². The summed E-state index contributed by atoms with van der Waals surface area (Å²) in [6, 6.07) is 0. The van der Waals surface area contributed by atoms with E-state index in [0.717, 1.165) is 0 Å². The van der Waals surface area contributed by atoms with Crippen LogP contribution in [0.5, 0.6) is 0 Å². The van der Waals surface area contributed by atoms with Crippen molar-refractivity contribution in [2.75, 3.05) is 0 Å².